The maximum Gasteiger partial charge on any atom is 0.417 e. The molecule has 0 aliphatic carbocycles. The number of aromatic nitrogens is 4. The third kappa shape index (κ3) is 3.54. The molecule has 0 unspecified atom stereocenters. The highest BCUT2D eigenvalue weighted by Gasteiger charge is 2.33. The summed E-state index contributed by atoms with van der Waals surface area (Å²) in [5, 5.41) is 6.79. The topological polar surface area (TPSA) is 72.2 Å². The number of pyridine rings is 1. The molecule has 0 saturated heterocycles. The van der Waals surface area contributed by atoms with Crippen LogP contribution in [0, 0.1) is 6.92 Å². The molecule has 0 fully saturated rings. The highest BCUT2D eigenvalue weighted by Crippen LogP contribution is 2.36. The molecule has 3 heterocycles. The van der Waals surface area contributed by atoms with Crippen molar-refractivity contribution < 1.29 is 18.0 Å². The minimum atomic E-state index is -4.53. The number of hydrogen-bond donors (Lipinski definition) is 1. The molecule has 4 aromatic rings. The molecule has 1 amide bonds. The second-order valence-corrected chi connectivity index (χ2v) is 6.27. The van der Waals surface area contributed by atoms with E-state index in [1.54, 1.807) is 25.3 Å². The van der Waals surface area contributed by atoms with E-state index in [1.807, 2.05) is 0 Å². The number of rotatable bonds is 3. The van der Waals surface area contributed by atoms with E-state index in [4.69, 9.17) is 0 Å². The molecule has 29 heavy (non-hydrogen) atoms. The molecule has 0 radical (unpaired) electrons. The second kappa shape index (κ2) is 7.01. The normalized spacial score (nSPS) is 11.6. The number of hydrogen-bond acceptors (Lipinski definition) is 4. The Kier molecular flexibility index (Phi) is 4.50. The van der Waals surface area contributed by atoms with Gasteiger partial charge in [0.05, 0.1) is 28.8 Å². The van der Waals surface area contributed by atoms with Crippen molar-refractivity contribution in [3.8, 4) is 11.3 Å². The van der Waals surface area contributed by atoms with Crippen molar-refractivity contribution in [3.05, 3.63) is 77.9 Å². The van der Waals surface area contributed by atoms with Gasteiger partial charge in [0.15, 0.2) is 5.65 Å². The highest BCUT2D eigenvalue weighted by molar-refractivity contribution is 6.08. The predicted molar refractivity (Wildman–Crippen MR) is 100 cm³/mol. The number of amides is 1. The van der Waals surface area contributed by atoms with Crippen molar-refractivity contribution in [3.63, 3.8) is 0 Å². The molecule has 0 aliphatic rings. The summed E-state index contributed by atoms with van der Waals surface area (Å²) < 4.78 is 41.4. The van der Waals surface area contributed by atoms with Gasteiger partial charge in [0.2, 0.25) is 0 Å². The standard InChI is InChI=1S/C20H14F3N5O/c1-12-16(7-4-9-24-12)27-19(29)14-11-25-28-10-8-17(26-18(14)28)13-5-2-3-6-15(13)20(21,22)23/h2-11H,1H3,(H,27,29). The van der Waals surface area contributed by atoms with E-state index in [0.29, 0.717) is 11.4 Å². The Labute approximate surface area is 163 Å². The molecule has 3 aromatic heterocycles. The Balaban J connectivity index is 1.77. The number of nitrogens with one attached hydrogen (secondary N) is 1. The summed E-state index contributed by atoms with van der Waals surface area (Å²) >= 11 is 0. The van der Waals surface area contributed by atoms with Crippen molar-refractivity contribution in [1.82, 2.24) is 19.6 Å². The number of alkyl halides is 3. The van der Waals surface area contributed by atoms with Crippen LogP contribution in [0.1, 0.15) is 21.6 Å². The largest absolute Gasteiger partial charge is 0.417 e. The van der Waals surface area contributed by atoms with Crippen LogP contribution >= 0.6 is 0 Å². The van der Waals surface area contributed by atoms with Crippen molar-refractivity contribution in [1.29, 1.82) is 0 Å². The zero-order valence-corrected chi connectivity index (χ0v) is 15.1. The number of carbonyl (C=O) groups excluding carboxylic acids is 1. The van der Waals surface area contributed by atoms with Crippen LogP contribution in [0.5, 0.6) is 0 Å². The van der Waals surface area contributed by atoms with Crippen LogP contribution in [0.2, 0.25) is 0 Å². The van der Waals surface area contributed by atoms with Crippen LogP contribution in [-0.4, -0.2) is 25.5 Å². The highest BCUT2D eigenvalue weighted by atomic mass is 19.4. The van der Waals surface area contributed by atoms with E-state index >= 15 is 0 Å². The molecule has 4 rings (SSSR count). The van der Waals surface area contributed by atoms with Gasteiger partial charge < -0.3 is 5.32 Å². The van der Waals surface area contributed by atoms with Gasteiger partial charge in [0.25, 0.3) is 5.91 Å². The van der Waals surface area contributed by atoms with Crippen LogP contribution in [0.15, 0.2) is 61.1 Å². The van der Waals surface area contributed by atoms with E-state index in [1.165, 1.54) is 41.2 Å². The second-order valence-electron chi connectivity index (χ2n) is 6.27. The number of benzene rings is 1. The predicted octanol–water partition coefficient (Wildman–Crippen LogP) is 4.37. The molecular weight excluding hydrogens is 383 g/mol. The van der Waals surface area contributed by atoms with Crippen molar-refractivity contribution in [2.24, 2.45) is 0 Å². The van der Waals surface area contributed by atoms with E-state index in [0.717, 1.165) is 6.07 Å². The van der Waals surface area contributed by atoms with Crippen LogP contribution < -0.4 is 5.32 Å². The van der Waals surface area contributed by atoms with E-state index in [9.17, 15) is 18.0 Å². The lowest BCUT2D eigenvalue weighted by atomic mass is 10.0. The number of fused-ring (bicyclic) bond motifs is 1. The van der Waals surface area contributed by atoms with Gasteiger partial charge in [-0.05, 0) is 31.2 Å². The number of aryl methyl sites for hydroxylation is 1. The number of carbonyl (C=O) groups is 1. The number of nitrogens with zero attached hydrogens (tertiary/aromatic N) is 4. The molecule has 6 nitrogen and oxygen atoms in total. The van der Waals surface area contributed by atoms with E-state index in [-0.39, 0.29) is 22.5 Å². The molecule has 0 saturated carbocycles. The lowest BCUT2D eigenvalue weighted by Crippen LogP contribution is -2.13. The Morgan fingerprint density at radius 2 is 1.90 bits per heavy atom. The summed E-state index contributed by atoms with van der Waals surface area (Å²) in [7, 11) is 0. The Morgan fingerprint density at radius 3 is 2.66 bits per heavy atom. The minimum Gasteiger partial charge on any atom is -0.320 e. The zero-order chi connectivity index (χ0) is 20.6. The Bertz CT molecular complexity index is 1220. The quantitative estimate of drug-likeness (QED) is 0.557. The molecule has 1 aromatic carbocycles. The van der Waals surface area contributed by atoms with Gasteiger partial charge in [-0.1, -0.05) is 18.2 Å². The Morgan fingerprint density at radius 1 is 1.10 bits per heavy atom. The summed E-state index contributed by atoms with van der Waals surface area (Å²) in [5.41, 5.74) is 0.669. The molecular formula is C20H14F3N5O. The van der Waals surface area contributed by atoms with Gasteiger partial charge >= 0.3 is 6.18 Å². The molecule has 146 valence electrons. The molecule has 0 aliphatic heterocycles. The molecule has 0 spiro atoms. The first-order valence-electron chi connectivity index (χ1n) is 8.58. The fourth-order valence-electron chi connectivity index (χ4n) is 2.94. The van der Waals surface area contributed by atoms with Gasteiger partial charge in [0, 0.05) is 18.0 Å². The maximum atomic E-state index is 13.4. The van der Waals surface area contributed by atoms with Crippen molar-refractivity contribution >= 4 is 17.2 Å². The van der Waals surface area contributed by atoms with E-state index in [2.05, 4.69) is 20.4 Å². The van der Waals surface area contributed by atoms with Crippen LogP contribution in [-0.2, 0) is 6.18 Å². The van der Waals surface area contributed by atoms with E-state index < -0.39 is 17.6 Å². The number of halogens is 3. The third-order valence-corrected chi connectivity index (χ3v) is 4.38. The fourth-order valence-corrected chi connectivity index (χ4v) is 2.94. The van der Waals surface area contributed by atoms with Gasteiger partial charge in [-0.2, -0.15) is 18.3 Å². The van der Waals surface area contributed by atoms with Crippen LogP contribution in [0.4, 0.5) is 18.9 Å². The minimum absolute atomic E-state index is 0.0711. The number of anilines is 1. The summed E-state index contributed by atoms with van der Waals surface area (Å²) in [6.45, 7) is 1.75. The smallest absolute Gasteiger partial charge is 0.320 e. The monoisotopic (exact) mass is 397 g/mol. The van der Waals surface area contributed by atoms with Crippen LogP contribution in [0.3, 0.4) is 0 Å². The summed E-state index contributed by atoms with van der Waals surface area (Å²) in [6, 6.07) is 9.97. The van der Waals surface area contributed by atoms with Crippen molar-refractivity contribution in [2.75, 3.05) is 5.32 Å². The maximum absolute atomic E-state index is 13.4. The molecule has 1 N–H and O–H groups in total. The summed E-state index contributed by atoms with van der Waals surface area (Å²) in [4.78, 5) is 21.1. The third-order valence-electron chi connectivity index (χ3n) is 4.38. The van der Waals surface area contributed by atoms with Crippen LogP contribution in [0.25, 0.3) is 16.9 Å². The average molecular weight is 397 g/mol. The van der Waals surface area contributed by atoms with Gasteiger partial charge in [-0.25, -0.2) is 9.50 Å². The lowest BCUT2D eigenvalue weighted by molar-refractivity contribution is -0.137. The Hall–Kier alpha value is -3.75. The van der Waals surface area contributed by atoms with Gasteiger partial charge in [-0.15, -0.1) is 0 Å². The molecule has 0 bridgehead atoms. The van der Waals surface area contributed by atoms with Crippen molar-refractivity contribution in [2.45, 2.75) is 13.1 Å². The molecule has 0 atom stereocenters. The fraction of sp³-hybridized carbons (Fsp3) is 0.100. The first-order chi connectivity index (χ1) is 13.8. The average Bonchev–Trinajstić information content (AvgIpc) is 3.12. The zero-order valence-electron chi connectivity index (χ0n) is 15.1. The van der Waals surface area contributed by atoms with Gasteiger partial charge in [-0.3, -0.25) is 9.78 Å². The first kappa shape index (κ1) is 18.6. The summed E-state index contributed by atoms with van der Waals surface area (Å²) in [5.74, 6) is -0.482. The SMILES string of the molecule is Cc1ncccc1NC(=O)c1cnn2ccc(-c3ccccc3C(F)(F)F)nc12. The lowest BCUT2D eigenvalue weighted by Gasteiger charge is -2.12. The molecule has 9 heteroatoms. The van der Waals surface area contributed by atoms with Gasteiger partial charge in [0.1, 0.15) is 5.56 Å². The first-order valence-corrected chi connectivity index (χ1v) is 8.58. The summed E-state index contributed by atoms with van der Waals surface area (Å²) in [6.07, 6.45) is -0.130.